The van der Waals surface area contributed by atoms with Crippen LogP contribution in [0.4, 0.5) is 0 Å². The van der Waals surface area contributed by atoms with E-state index >= 15 is 0 Å². The molecule has 1 aliphatic rings. The number of nitrogens with zero attached hydrogens (tertiary/aromatic N) is 3. The maximum absolute atomic E-state index is 12.5. The molecule has 6 heteroatoms. The third-order valence-electron chi connectivity index (χ3n) is 4.74. The van der Waals surface area contributed by atoms with Gasteiger partial charge in [-0.05, 0) is 36.8 Å². The zero-order valence-corrected chi connectivity index (χ0v) is 16.0. The van der Waals surface area contributed by atoms with Crippen molar-refractivity contribution >= 4 is 32.9 Å². The van der Waals surface area contributed by atoms with Gasteiger partial charge in [0.15, 0.2) is 5.65 Å². The van der Waals surface area contributed by atoms with Crippen LogP contribution >= 0.6 is 15.9 Å². The Hall–Kier alpha value is -2.99. The summed E-state index contributed by atoms with van der Waals surface area (Å²) in [5.41, 5.74) is 5.45. The number of carbonyl (C=O) groups excluding carboxylic acids is 1. The first-order chi connectivity index (χ1) is 13.1. The number of ether oxygens (including phenoxy) is 1. The van der Waals surface area contributed by atoms with Gasteiger partial charge in [0.2, 0.25) is 0 Å². The van der Waals surface area contributed by atoms with Crippen LogP contribution in [0.1, 0.15) is 21.7 Å². The summed E-state index contributed by atoms with van der Waals surface area (Å²) in [6.07, 6.45) is 0. The van der Waals surface area contributed by atoms with Gasteiger partial charge in [0.1, 0.15) is 6.61 Å². The van der Waals surface area contributed by atoms with Gasteiger partial charge in [-0.1, -0.05) is 46.3 Å². The zero-order chi connectivity index (χ0) is 18.5. The van der Waals surface area contributed by atoms with Crippen molar-refractivity contribution in [2.75, 3.05) is 0 Å². The molecule has 5 nitrogen and oxygen atoms in total. The fourth-order valence-corrected chi connectivity index (χ4v) is 3.81. The fraction of sp³-hybridized carbons (Fsp3) is 0.0952. The Balaban J connectivity index is 1.90. The molecule has 1 aliphatic heterocycles. The number of hydrogen-bond donors (Lipinski definition) is 0. The number of hydrogen-bond acceptors (Lipinski definition) is 4. The molecule has 27 heavy (non-hydrogen) atoms. The standard InChI is InChI=1S/C21H14BrN3O2/c1-12-17-18(13-7-9-14(22)10-8-13)19-16(11-27-21(19)26)23-20(17)25(24-12)15-5-3-2-4-6-15/h2-10H,11H2,1H3. The summed E-state index contributed by atoms with van der Waals surface area (Å²) in [6, 6.07) is 17.8. The highest BCUT2D eigenvalue weighted by Crippen LogP contribution is 2.38. The lowest BCUT2D eigenvalue weighted by atomic mass is 9.96. The van der Waals surface area contributed by atoms with E-state index in [2.05, 4.69) is 15.9 Å². The molecule has 0 saturated heterocycles. The number of rotatable bonds is 2. The van der Waals surface area contributed by atoms with Crippen molar-refractivity contribution in [1.29, 1.82) is 0 Å². The fourth-order valence-electron chi connectivity index (χ4n) is 3.55. The van der Waals surface area contributed by atoms with Crippen molar-refractivity contribution < 1.29 is 9.53 Å². The number of para-hydroxylation sites is 1. The summed E-state index contributed by atoms with van der Waals surface area (Å²) in [5, 5.41) is 5.60. The van der Waals surface area contributed by atoms with Gasteiger partial charge in [-0.3, -0.25) is 0 Å². The highest BCUT2D eigenvalue weighted by atomic mass is 79.9. The number of halogens is 1. The van der Waals surface area contributed by atoms with Gasteiger partial charge < -0.3 is 4.74 Å². The average molecular weight is 420 g/mol. The molecule has 0 spiro atoms. The van der Waals surface area contributed by atoms with Gasteiger partial charge in [0, 0.05) is 10.0 Å². The van der Waals surface area contributed by atoms with E-state index in [0.29, 0.717) is 11.3 Å². The summed E-state index contributed by atoms with van der Waals surface area (Å²) in [5.74, 6) is -0.329. The number of fused-ring (bicyclic) bond motifs is 2. The summed E-state index contributed by atoms with van der Waals surface area (Å²) in [6.45, 7) is 2.13. The summed E-state index contributed by atoms with van der Waals surface area (Å²) in [4.78, 5) is 17.2. The molecule has 5 rings (SSSR count). The SMILES string of the molecule is Cc1nn(-c2ccccc2)c2nc3c(c(-c4ccc(Br)cc4)c12)C(=O)OC3. The summed E-state index contributed by atoms with van der Waals surface area (Å²) in [7, 11) is 0. The molecule has 132 valence electrons. The minimum Gasteiger partial charge on any atom is -0.455 e. The van der Waals surface area contributed by atoms with Gasteiger partial charge in [0.25, 0.3) is 0 Å². The summed E-state index contributed by atoms with van der Waals surface area (Å²) < 4.78 is 8.10. The van der Waals surface area contributed by atoms with E-state index in [1.807, 2.05) is 66.2 Å². The van der Waals surface area contributed by atoms with E-state index in [9.17, 15) is 4.79 Å². The van der Waals surface area contributed by atoms with Gasteiger partial charge in [-0.2, -0.15) is 5.10 Å². The molecule has 0 bridgehead atoms. The van der Waals surface area contributed by atoms with Crippen molar-refractivity contribution in [1.82, 2.24) is 14.8 Å². The molecule has 0 N–H and O–H groups in total. The number of aromatic nitrogens is 3. The average Bonchev–Trinajstić information content (AvgIpc) is 3.22. The second kappa shape index (κ2) is 6.03. The molecule has 0 aliphatic carbocycles. The van der Waals surface area contributed by atoms with Crippen LogP contribution in [-0.2, 0) is 11.3 Å². The molecule has 3 heterocycles. The van der Waals surface area contributed by atoms with Crippen molar-refractivity contribution in [3.8, 4) is 16.8 Å². The quantitative estimate of drug-likeness (QED) is 0.436. The Labute approximate surface area is 163 Å². The Kier molecular flexibility index (Phi) is 3.62. The first kappa shape index (κ1) is 16.2. The van der Waals surface area contributed by atoms with Crippen molar-refractivity contribution in [2.45, 2.75) is 13.5 Å². The first-order valence-corrected chi connectivity index (χ1v) is 9.33. The number of pyridine rings is 1. The molecule has 0 atom stereocenters. The van der Waals surface area contributed by atoms with E-state index in [1.165, 1.54) is 0 Å². The van der Waals surface area contributed by atoms with E-state index in [4.69, 9.17) is 14.8 Å². The highest BCUT2D eigenvalue weighted by molar-refractivity contribution is 9.10. The predicted octanol–water partition coefficient (Wildman–Crippen LogP) is 4.83. The zero-order valence-electron chi connectivity index (χ0n) is 14.4. The molecule has 0 saturated carbocycles. The summed E-state index contributed by atoms with van der Waals surface area (Å²) >= 11 is 3.47. The van der Waals surface area contributed by atoms with Gasteiger partial charge >= 0.3 is 5.97 Å². The largest absolute Gasteiger partial charge is 0.455 e. The number of aryl methyl sites for hydroxylation is 1. The van der Waals surface area contributed by atoms with E-state index in [1.54, 1.807) is 0 Å². The lowest BCUT2D eigenvalue weighted by Gasteiger charge is -2.10. The van der Waals surface area contributed by atoms with E-state index in [-0.39, 0.29) is 12.6 Å². The topological polar surface area (TPSA) is 57.0 Å². The highest BCUT2D eigenvalue weighted by Gasteiger charge is 2.31. The molecule has 0 fully saturated rings. The van der Waals surface area contributed by atoms with E-state index in [0.717, 1.165) is 38.0 Å². The van der Waals surface area contributed by atoms with Crippen LogP contribution in [0.3, 0.4) is 0 Å². The smallest absolute Gasteiger partial charge is 0.341 e. The van der Waals surface area contributed by atoms with Crippen LogP contribution < -0.4 is 0 Å². The van der Waals surface area contributed by atoms with Crippen LogP contribution in [0.15, 0.2) is 59.1 Å². The molecule has 4 aromatic rings. The molecular weight excluding hydrogens is 406 g/mol. The second-order valence-electron chi connectivity index (χ2n) is 6.42. The normalized spacial score (nSPS) is 13.0. The predicted molar refractivity (Wildman–Crippen MR) is 106 cm³/mol. The van der Waals surface area contributed by atoms with Crippen LogP contribution in [-0.4, -0.2) is 20.7 Å². The van der Waals surface area contributed by atoms with Gasteiger partial charge in [0.05, 0.1) is 28.0 Å². The Morgan fingerprint density at radius 2 is 1.78 bits per heavy atom. The molecular formula is C21H14BrN3O2. The molecule has 2 aromatic carbocycles. The maximum Gasteiger partial charge on any atom is 0.341 e. The maximum atomic E-state index is 12.5. The van der Waals surface area contributed by atoms with Crippen LogP contribution in [0.25, 0.3) is 27.8 Å². The van der Waals surface area contributed by atoms with Crippen LogP contribution in [0, 0.1) is 6.92 Å². The Morgan fingerprint density at radius 3 is 2.52 bits per heavy atom. The minimum atomic E-state index is -0.329. The Bertz CT molecular complexity index is 1200. The second-order valence-corrected chi connectivity index (χ2v) is 7.34. The molecule has 0 unspecified atom stereocenters. The third kappa shape index (κ3) is 2.48. The number of carbonyl (C=O) groups is 1. The minimum absolute atomic E-state index is 0.187. The van der Waals surface area contributed by atoms with Gasteiger partial charge in [-0.15, -0.1) is 0 Å². The number of esters is 1. The Morgan fingerprint density at radius 1 is 1.04 bits per heavy atom. The van der Waals surface area contributed by atoms with Gasteiger partial charge in [-0.25, -0.2) is 14.5 Å². The van der Waals surface area contributed by atoms with Crippen LogP contribution in [0.5, 0.6) is 0 Å². The third-order valence-corrected chi connectivity index (χ3v) is 5.27. The first-order valence-electron chi connectivity index (χ1n) is 8.54. The molecule has 2 aromatic heterocycles. The van der Waals surface area contributed by atoms with Crippen molar-refractivity contribution in [3.63, 3.8) is 0 Å². The van der Waals surface area contributed by atoms with Crippen molar-refractivity contribution in [3.05, 3.63) is 76.0 Å². The molecule has 0 amide bonds. The lowest BCUT2D eigenvalue weighted by molar-refractivity contribution is 0.0534. The number of cyclic esters (lactones) is 1. The number of benzene rings is 2. The monoisotopic (exact) mass is 419 g/mol. The molecule has 0 radical (unpaired) electrons. The van der Waals surface area contributed by atoms with E-state index < -0.39 is 0 Å². The lowest BCUT2D eigenvalue weighted by Crippen LogP contribution is -2.02. The van der Waals surface area contributed by atoms with Crippen molar-refractivity contribution in [2.24, 2.45) is 0 Å². The van der Waals surface area contributed by atoms with Crippen LogP contribution in [0.2, 0.25) is 0 Å².